The lowest BCUT2D eigenvalue weighted by atomic mass is 9.94. The molecular weight excluding hydrogens is 398 g/mol. The first-order valence-corrected chi connectivity index (χ1v) is 10.2. The Morgan fingerprint density at radius 3 is 2.43 bits per heavy atom. The van der Waals surface area contributed by atoms with Gasteiger partial charge in [0.25, 0.3) is 0 Å². The second-order valence-electron chi connectivity index (χ2n) is 7.65. The molecule has 1 N–H and O–H groups in total. The molecule has 1 aliphatic carbocycles. The Balaban J connectivity index is 1.60. The summed E-state index contributed by atoms with van der Waals surface area (Å²) in [5.41, 5.74) is 4.56. The predicted octanol–water partition coefficient (Wildman–Crippen LogP) is 5.81. The van der Waals surface area contributed by atoms with E-state index in [9.17, 15) is 9.59 Å². The number of aldehydes is 1. The summed E-state index contributed by atoms with van der Waals surface area (Å²) >= 11 is 6.06. The number of halogens is 1. The van der Waals surface area contributed by atoms with Crippen LogP contribution in [0.4, 0.5) is 5.69 Å². The van der Waals surface area contributed by atoms with Gasteiger partial charge in [-0.3, -0.25) is 9.59 Å². The van der Waals surface area contributed by atoms with Crippen LogP contribution in [0, 0.1) is 6.92 Å². The quantitative estimate of drug-likeness (QED) is 0.513. The molecule has 0 aromatic heterocycles. The van der Waals surface area contributed by atoms with E-state index in [4.69, 9.17) is 16.3 Å². The molecule has 3 aromatic carbocycles. The third-order valence-corrected chi connectivity index (χ3v) is 6.10. The second-order valence-corrected chi connectivity index (χ2v) is 8.06. The summed E-state index contributed by atoms with van der Waals surface area (Å²) in [5.74, 6) is 0.767. The van der Waals surface area contributed by atoms with Crippen molar-refractivity contribution >= 4 is 29.5 Å². The van der Waals surface area contributed by atoms with Crippen molar-refractivity contribution in [1.82, 2.24) is 0 Å². The Labute approximate surface area is 180 Å². The molecular formula is C25H22ClNO3. The first-order valence-electron chi connectivity index (χ1n) is 9.78. The van der Waals surface area contributed by atoms with Gasteiger partial charge in [0.15, 0.2) is 6.29 Å². The highest BCUT2D eigenvalue weighted by Crippen LogP contribution is 2.49. The molecule has 0 aliphatic heterocycles. The smallest absolute Gasteiger partial charge is 0.235 e. The number of hydrogen-bond acceptors (Lipinski definition) is 3. The summed E-state index contributed by atoms with van der Waals surface area (Å²) in [6.45, 7) is 2.00. The molecule has 0 atom stereocenters. The van der Waals surface area contributed by atoms with E-state index in [1.807, 2.05) is 55.5 Å². The van der Waals surface area contributed by atoms with Crippen LogP contribution in [0.25, 0.3) is 11.1 Å². The van der Waals surface area contributed by atoms with Crippen LogP contribution in [-0.2, 0) is 10.2 Å². The fourth-order valence-corrected chi connectivity index (χ4v) is 3.91. The molecule has 0 bridgehead atoms. The fraction of sp³-hybridized carbons (Fsp3) is 0.200. The summed E-state index contributed by atoms with van der Waals surface area (Å²) in [6.07, 6.45) is 2.39. The molecule has 1 saturated carbocycles. The summed E-state index contributed by atoms with van der Waals surface area (Å²) < 4.78 is 5.22. The van der Waals surface area contributed by atoms with Gasteiger partial charge in [0.05, 0.1) is 17.5 Å². The number of methoxy groups -OCH3 is 1. The minimum atomic E-state index is -0.484. The third kappa shape index (κ3) is 3.71. The number of nitrogens with one attached hydrogen (secondary N) is 1. The van der Waals surface area contributed by atoms with Gasteiger partial charge in [0, 0.05) is 11.3 Å². The van der Waals surface area contributed by atoms with Gasteiger partial charge in [-0.25, -0.2) is 0 Å². The number of aryl methyl sites for hydroxylation is 1. The maximum Gasteiger partial charge on any atom is 0.235 e. The van der Waals surface area contributed by atoms with Crippen molar-refractivity contribution in [2.24, 2.45) is 0 Å². The second kappa shape index (κ2) is 7.96. The zero-order valence-corrected chi connectivity index (χ0v) is 17.6. The van der Waals surface area contributed by atoms with Crippen LogP contribution in [0.2, 0.25) is 5.02 Å². The highest BCUT2D eigenvalue weighted by Gasteiger charge is 2.51. The lowest BCUT2D eigenvalue weighted by molar-refractivity contribution is -0.118. The van der Waals surface area contributed by atoms with E-state index in [1.165, 1.54) is 0 Å². The standard InChI is InChI=1S/C25H22ClNO3/c1-16-3-7-20(14-22(16)17-4-10-23(26)18(13-17)15-28)27-24(29)25(11-12-25)19-5-8-21(30-2)9-6-19/h3-10,13-15H,11-12H2,1-2H3,(H,27,29). The number of rotatable bonds is 6. The maximum atomic E-state index is 13.1. The molecule has 1 fully saturated rings. The minimum Gasteiger partial charge on any atom is -0.497 e. The van der Waals surface area contributed by atoms with Crippen LogP contribution in [0.1, 0.15) is 34.3 Å². The molecule has 3 aromatic rings. The van der Waals surface area contributed by atoms with E-state index >= 15 is 0 Å². The highest BCUT2D eigenvalue weighted by atomic mass is 35.5. The maximum absolute atomic E-state index is 13.1. The minimum absolute atomic E-state index is 0.00726. The third-order valence-electron chi connectivity index (χ3n) is 5.76. The Morgan fingerprint density at radius 1 is 1.07 bits per heavy atom. The van der Waals surface area contributed by atoms with E-state index in [2.05, 4.69) is 5.32 Å². The lowest BCUT2D eigenvalue weighted by Crippen LogP contribution is -2.27. The number of carbonyl (C=O) groups excluding carboxylic acids is 2. The molecule has 0 saturated heterocycles. The van der Waals surface area contributed by atoms with Crippen LogP contribution in [0.5, 0.6) is 5.75 Å². The van der Waals surface area contributed by atoms with Crippen molar-refractivity contribution in [2.75, 3.05) is 12.4 Å². The van der Waals surface area contributed by atoms with E-state index in [1.54, 1.807) is 19.2 Å². The summed E-state index contributed by atoms with van der Waals surface area (Å²) in [4.78, 5) is 24.4. The summed E-state index contributed by atoms with van der Waals surface area (Å²) in [6, 6.07) is 18.9. The molecule has 5 heteroatoms. The number of hydrogen-bond donors (Lipinski definition) is 1. The largest absolute Gasteiger partial charge is 0.497 e. The van der Waals surface area contributed by atoms with Crippen molar-refractivity contribution < 1.29 is 14.3 Å². The molecule has 0 radical (unpaired) electrons. The Morgan fingerprint density at radius 2 is 1.80 bits per heavy atom. The molecule has 4 nitrogen and oxygen atoms in total. The first kappa shape index (κ1) is 20.2. The highest BCUT2D eigenvalue weighted by molar-refractivity contribution is 6.33. The number of ether oxygens (including phenoxy) is 1. The average Bonchev–Trinajstić information content (AvgIpc) is 3.58. The molecule has 30 heavy (non-hydrogen) atoms. The molecule has 0 spiro atoms. The van der Waals surface area contributed by atoms with E-state index in [0.29, 0.717) is 10.6 Å². The Kier molecular flexibility index (Phi) is 5.35. The van der Waals surface area contributed by atoms with Gasteiger partial charge in [0.2, 0.25) is 5.91 Å². The topological polar surface area (TPSA) is 55.4 Å². The summed E-state index contributed by atoms with van der Waals surface area (Å²) in [7, 11) is 1.63. The Hall–Kier alpha value is -3.11. The van der Waals surface area contributed by atoms with Gasteiger partial charge in [-0.05, 0) is 78.4 Å². The van der Waals surface area contributed by atoms with Gasteiger partial charge in [-0.1, -0.05) is 35.9 Å². The van der Waals surface area contributed by atoms with Crippen molar-refractivity contribution in [3.8, 4) is 16.9 Å². The molecule has 1 aliphatic rings. The molecule has 152 valence electrons. The van der Waals surface area contributed by atoms with Gasteiger partial charge in [0.1, 0.15) is 5.75 Å². The van der Waals surface area contributed by atoms with Crippen LogP contribution in [-0.4, -0.2) is 19.3 Å². The summed E-state index contributed by atoms with van der Waals surface area (Å²) in [5, 5.41) is 3.51. The molecule has 0 unspecified atom stereocenters. The van der Waals surface area contributed by atoms with Crippen molar-refractivity contribution in [1.29, 1.82) is 0 Å². The SMILES string of the molecule is COc1ccc(C2(C(=O)Nc3ccc(C)c(-c4ccc(Cl)c(C=O)c4)c3)CC2)cc1. The number of benzene rings is 3. The zero-order valence-electron chi connectivity index (χ0n) is 16.9. The van der Waals surface area contributed by atoms with Crippen LogP contribution < -0.4 is 10.1 Å². The first-order chi connectivity index (χ1) is 14.5. The monoisotopic (exact) mass is 419 g/mol. The number of carbonyl (C=O) groups is 2. The average molecular weight is 420 g/mol. The normalized spacial score (nSPS) is 14.1. The van der Waals surface area contributed by atoms with E-state index in [-0.39, 0.29) is 5.91 Å². The lowest BCUT2D eigenvalue weighted by Gasteiger charge is -2.17. The Bertz CT molecular complexity index is 1120. The van der Waals surface area contributed by atoms with Crippen molar-refractivity contribution in [3.05, 3.63) is 82.4 Å². The molecule has 0 heterocycles. The molecule has 4 rings (SSSR count). The van der Waals surface area contributed by atoms with Gasteiger partial charge < -0.3 is 10.1 Å². The number of amides is 1. The van der Waals surface area contributed by atoms with E-state index in [0.717, 1.165) is 52.8 Å². The van der Waals surface area contributed by atoms with Crippen molar-refractivity contribution in [3.63, 3.8) is 0 Å². The van der Waals surface area contributed by atoms with Crippen molar-refractivity contribution in [2.45, 2.75) is 25.2 Å². The van der Waals surface area contributed by atoms with E-state index < -0.39 is 5.41 Å². The number of anilines is 1. The van der Waals surface area contributed by atoms with Gasteiger partial charge in [-0.2, -0.15) is 0 Å². The van der Waals surface area contributed by atoms with Crippen LogP contribution in [0.15, 0.2) is 60.7 Å². The molecule has 1 amide bonds. The van der Waals surface area contributed by atoms with Crippen LogP contribution >= 0.6 is 11.6 Å². The van der Waals surface area contributed by atoms with Crippen LogP contribution in [0.3, 0.4) is 0 Å². The fourth-order valence-electron chi connectivity index (χ4n) is 3.74. The zero-order chi connectivity index (χ0) is 21.3. The van der Waals surface area contributed by atoms with Gasteiger partial charge in [-0.15, -0.1) is 0 Å². The van der Waals surface area contributed by atoms with Gasteiger partial charge >= 0.3 is 0 Å². The predicted molar refractivity (Wildman–Crippen MR) is 120 cm³/mol.